The first-order chi connectivity index (χ1) is 8.71. The molecule has 1 amide bonds. The zero-order valence-corrected chi connectivity index (χ0v) is 12.6. The fourth-order valence-electron chi connectivity index (χ4n) is 2.21. The Morgan fingerprint density at radius 3 is 2.47 bits per heavy atom. The second-order valence-corrected chi connectivity index (χ2v) is 6.08. The van der Waals surface area contributed by atoms with Gasteiger partial charge in [-0.25, -0.2) is 0 Å². The van der Waals surface area contributed by atoms with Crippen molar-refractivity contribution in [3.8, 4) is 0 Å². The molecular weight excluding hydrogens is 238 g/mol. The molecule has 3 heteroatoms. The zero-order chi connectivity index (χ0) is 14.6. The molecule has 0 aromatic heterocycles. The van der Waals surface area contributed by atoms with E-state index in [9.17, 15) is 9.90 Å². The van der Waals surface area contributed by atoms with Crippen LogP contribution < -0.4 is 5.32 Å². The van der Waals surface area contributed by atoms with Crippen molar-refractivity contribution in [3.05, 3.63) is 34.9 Å². The van der Waals surface area contributed by atoms with Crippen molar-refractivity contribution in [2.24, 2.45) is 5.92 Å². The minimum atomic E-state index is -0.858. The predicted octanol–water partition coefficient (Wildman–Crippen LogP) is 2.83. The van der Waals surface area contributed by atoms with Gasteiger partial charge in [-0.2, -0.15) is 0 Å². The summed E-state index contributed by atoms with van der Waals surface area (Å²) in [7, 11) is 0. The van der Waals surface area contributed by atoms with Crippen molar-refractivity contribution in [2.75, 3.05) is 6.54 Å². The Balaban J connectivity index is 2.62. The second kappa shape index (κ2) is 6.20. The number of aliphatic hydroxyl groups is 1. The Morgan fingerprint density at radius 1 is 1.32 bits per heavy atom. The predicted molar refractivity (Wildman–Crippen MR) is 78.3 cm³/mol. The van der Waals surface area contributed by atoms with Crippen molar-refractivity contribution in [3.63, 3.8) is 0 Å². The van der Waals surface area contributed by atoms with E-state index < -0.39 is 5.60 Å². The SMILES string of the molecule is Cc1ccc(C(=O)NCC(C)(O)CC(C)C)cc1C. The molecule has 1 unspecified atom stereocenters. The van der Waals surface area contributed by atoms with Gasteiger partial charge in [-0.05, 0) is 56.4 Å². The average molecular weight is 263 g/mol. The normalized spacial score (nSPS) is 14.3. The van der Waals surface area contributed by atoms with Crippen LogP contribution in [-0.2, 0) is 0 Å². The quantitative estimate of drug-likeness (QED) is 0.858. The topological polar surface area (TPSA) is 49.3 Å². The maximum Gasteiger partial charge on any atom is 0.251 e. The van der Waals surface area contributed by atoms with E-state index in [0.29, 0.717) is 17.9 Å². The van der Waals surface area contributed by atoms with Gasteiger partial charge in [-0.1, -0.05) is 19.9 Å². The summed E-state index contributed by atoms with van der Waals surface area (Å²) >= 11 is 0. The van der Waals surface area contributed by atoms with Gasteiger partial charge in [0.2, 0.25) is 0 Å². The van der Waals surface area contributed by atoms with Gasteiger partial charge in [-0.3, -0.25) is 4.79 Å². The molecule has 2 N–H and O–H groups in total. The van der Waals surface area contributed by atoms with E-state index in [2.05, 4.69) is 19.2 Å². The first kappa shape index (κ1) is 15.7. The van der Waals surface area contributed by atoms with E-state index in [1.807, 2.05) is 32.0 Å². The summed E-state index contributed by atoms with van der Waals surface area (Å²) < 4.78 is 0. The molecule has 1 aromatic carbocycles. The summed E-state index contributed by atoms with van der Waals surface area (Å²) in [6.07, 6.45) is 0.667. The summed E-state index contributed by atoms with van der Waals surface area (Å²) in [5.41, 5.74) is 2.05. The lowest BCUT2D eigenvalue weighted by atomic mass is 9.94. The molecule has 0 heterocycles. The van der Waals surface area contributed by atoms with E-state index in [-0.39, 0.29) is 12.5 Å². The Labute approximate surface area is 116 Å². The number of carbonyl (C=O) groups is 1. The maximum absolute atomic E-state index is 12.0. The van der Waals surface area contributed by atoms with Gasteiger partial charge in [0.25, 0.3) is 5.91 Å². The van der Waals surface area contributed by atoms with E-state index in [1.54, 1.807) is 6.92 Å². The lowest BCUT2D eigenvalue weighted by molar-refractivity contribution is 0.0368. The molecule has 1 rings (SSSR count). The van der Waals surface area contributed by atoms with E-state index in [4.69, 9.17) is 0 Å². The molecular formula is C16H25NO2. The molecule has 0 aliphatic carbocycles. The first-order valence-corrected chi connectivity index (χ1v) is 6.79. The van der Waals surface area contributed by atoms with E-state index >= 15 is 0 Å². The van der Waals surface area contributed by atoms with Crippen LogP contribution in [0.15, 0.2) is 18.2 Å². The molecule has 0 saturated heterocycles. The van der Waals surface area contributed by atoms with Gasteiger partial charge in [0, 0.05) is 12.1 Å². The van der Waals surface area contributed by atoms with Gasteiger partial charge in [0.15, 0.2) is 0 Å². The smallest absolute Gasteiger partial charge is 0.251 e. The molecule has 0 aliphatic heterocycles. The summed E-state index contributed by atoms with van der Waals surface area (Å²) in [6.45, 7) is 10.1. The maximum atomic E-state index is 12.0. The van der Waals surface area contributed by atoms with Crippen LogP contribution in [0.4, 0.5) is 0 Å². The van der Waals surface area contributed by atoms with Crippen molar-refractivity contribution >= 4 is 5.91 Å². The van der Waals surface area contributed by atoms with Gasteiger partial charge in [0.1, 0.15) is 0 Å². The summed E-state index contributed by atoms with van der Waals surface area (Å²) in [5, 5.41) is 13.0. The Hall–Kier alpha value is -1.35. The molecule has 0 bridgehead atoms. The molecule has 3 nitrogen and oxygen atoms in total. The van der Waals surface area contributed by atoms with Crippen LogP contribution in [0, 0.1) is 19.8 Å². The number of aryl methyl sites for hydroxylation is 2. The number of nitrogens with one attached hydrogen (secondary N) is 1. The number of hydrogen-bond donors (Lipinski definition) is 2. The summed E-state index contributed by atoms with van der Waals surface area (Å²) in [5.74, 6) is 0.264. The van der Waals surface area contributed by atoms with E-state index in [1.165, 1.54) is 5.56 Å². The summed E-state index contributed by atoms with van der Waals surface area (Å²) in [6, 6.07) is 5.63. The molecule has 0 aliphatic rings. The van der Waals surface area contributed by atoms with Gasteiger partial charge in [0.05, 0.1) is 5.60 Å². The van der Waals surface area contributed by atoms with Crippen molar-refractivity contribution in [1.82, 2.24) is 5.32 Å². The highest BCUT2D eigenvalue weighted by atomic mass is 16.3. The molecule has 0 fully saturated rings. The van der Waals surface area contributed by atoms with Crippen LogP contribution in [0.1, 0.15) is 48.7 Å². The fourth-order valence-corrected chi connectivity index (χ4v) is 2.21. The standard InChI is InChI=1S/C16H25NO2/c1-11(2)9-16(5,19)10-17-15(18)14-7-6-12(3)13(4)8-14/h6-8,11,19H,9-10H2,1-5H3,(H,17,18). The number of amides is 1. The molecule has 0 spiro atoms. The van der Waals surface area contributed by atoms with Gasteiger partial charge >= 0.3 is 0 Å². The highest BCUT2D eigenvalue weighted by Gasteiger charge is 2.22. The van der Waals surface area contributed by atoms with Crippen molar-refractivity contribution in [2.45, 2.75) is 46.6 Å². The summed E-state index contributed by atoms with van der Waals surface area (Å²) in [4.78, 5) is 12.0. The third kappa shape index (κ3) is 5.03. The number of benzene rings is 1. The Bertz CT molecular complexity index is 450. The number of carbonyl (C=O) groups excluding carboxylic acids is 1. The van der Waals surface area contributed by atoms with Crippen molar-refractivity contribution in [1.29, 1.82) is 0 Å². The first-order valence-electron chi connectivity index (χ1n) is 6.79. The van der Waals surface area contributed by atoms with Crippen LogP contribution >= 0.6 is 0 Å². The minimum Gasteiger partial charge on any atom is -0.388 e. The number of rotatable bonds is 5. The monoisotopic (exact) mass is 263 g/mol. The van der Waals surface area contributed by atoms with Crippen LogP contribution in [-0.4, -0.2) is 23.2 Å². The average Bonchev–Trinajstić information content (AvgIpc) is 2.28. The molecule has 1 atom stereocenters. The van der Waals surface area contributed by atoms with E-state index in [0.717, 1.165) is 5.56 Å². The largest absolute Gasteiger partial charge is 0.388 e. The molecule has 1 aromatic rings. The molecule has 0 radical (unpaired) electrons. The third-order valence-corrected chi connectivity index (χ3v) is 3.25. The minimum absolute atomic E-state index is 0.132. The number of hydrogen-bond acceptors (Lipinski definition) is 2. The third-order valence-electron chi connectivity index (χ3n) is 3.25. The fraction of sp³-hybridized carbons (Fsp3) is 0.562. The van der Waals surface area contributed by atoms with Crippen LogP contribution in [0.5, 0.6) is 0 Å². The Morgan fingerprint density at radius 2 is 1.95 bits per heavy atom. The lowest BCUT2D eigenvalue weighted by Crippen LogP contribution is -2.41. The second-order valence-electron chi connectivity index (χ2n) is 6.08. The van der Waals surface area contributed by atoms with Crippen LogP contribution in [0.25, 0.3) is 0 Å². The highest BCUT2D eigenvalue weighted by Crippen LogP contribution is 2.15. The lowest BCUT2D eigenvalue weighted by Gasteiger charge is -2.25. The molecule has 0 saturated carbocycles. The zero-order valence-electron chi connectivity index (χ0n) is 12.6. The molecule has 19 heavy (non-hydrogen) atoms. The van der Waals surface area contributed by atoms with Crippen LogP contribution in [0.2, 0.25) is 0 Å². The highest BCUT2D eigenvalue weighted by molar-refractivity contribution is 5.94. The van der Waals surface area contributed by atoms with Crippen molar-refractivity contribution < 1.29 is 9.90 Å². The van der Waals surface area contributed by atoms with Gasteiger partial charge in [-0.15, -0.1) is 0 Å². The molecule has 106 valence electrons. The van der Waals surface area contributed by atoms with Gasteiger partial charge < -0.3 is 10.4 Å². The van der Waals surface area contributed by atoms with Crippen LogP contribution in [0.3, 0.4) is 0 Å². The Kier molecular flexibility index (Phi) is 5.12.